The number of hydrogen-bond donors (Lipinski definition) is 3. The van der Waals surface area contributed by atoms with Crippen molar-refractivity contribution in [3.63, 3.8) is 0 Å². The van der Waals surface area contributed by atoms with Crippen LogP contribution in [0.25, 0.3) is 0 Å². The van der Waals surface area contributed by atoms with Gasteiger partial charge in [-0.1, -0.05) is 12.8 Å². The highest BCUT2D eigenvalue weighted by atomic mass is 32.1. The first kappa shape index (κ1) is 14.8. The normalized spacial score (nSPS) is 22.2. The van der Waals surface area contributed by atoms with Crippen molar-refractivity contribution < 1.29 is 14.7 Å². The predicted octanol–water partition coefficient (Wildman–Crippen LogP) is 2.23. The summed E-state index contributed by atoms with van der Waals surface area (Å²) in [7, 11) is 0. The molecule has 2 atom stereocenters. The van der Waals surface area contributed by atoms with E-state index in [1.807, 2.05) is 11.4 Å². The molecule has 0 bridgehead atoms. The Morgan fingerprint density at radius 1 is 1.35 bits per heavy atom. The van der Waals surface area contributed by atoms with Gasteiger partial charge in [0.1, 0.15) is 0 Å². The van der Waals surface area contributed by atoms with Crippen LogP contribution in [-0.4, -0.2) is 29.7 Å². The topological polar surface area (TPSA) is 78.4 Å². The molecule has 0 saturated heterocycles. The lowest BCUT2D eigenvalue weighted by Crippen LogP contribution is -2.49. The summed E-state index contributed by atoms with van der Waals surface area (Å²) in [5, 5.41) is 18.8. The quantitative estimate of drug-likeness (QED) is 0.779. The maximum absolute atomic E-state index is 11.8. The van der Waals surface area contributed by atoms with E-state index in [1.165, 1.54) is 5.56 Å². The fraction of sp³-hybridized carbons (Fsp3) is 0.571. The molecule has 1 aromatic rings. The lowest BCUT2D eigenvalue weighted by Gasteiger charge is -2.29. The van der Waals surface area contributed by atoms with Gasteiger partial charge in [-0.05, 0) is 41.7 Å². The average molecular weight is 296 g/mol. The number of thiophene rings is 1. The van der Waals surface area contributed by atoms with Gasteiger partial charge in [0.2, 0.25) is 0 Å². The van der Waals surface area contributed by atoms with Gasteiger partial charge in [0.25, 0.3) is 0 Å². The summed E-state index contributed by atoms with van der Waals surface area (Å²) in [5.41, 5.74) is 1.20. The van der Waals surface area contributed by atoms with Crippen molar-refractivity contribution in [2.75, 3.05) is 6.54 Å². The summed E-state index contributed by atoms with van der Waals surface area (Å²) >= 11 is 1.64. The Morgan fingerprint density at radius 2 is 2.15 bits per heavy atom. The van der Waals surface area contributed by atoms with E-state index in [2.05, 4.69) is 16.0 Å². The number of carboxylic acids is 1. The van der Waals surface area contributed by atoms with Crippen LogP contribution in [0, 0.1) is 5.92 Å². The van der Waals surface area contributed by atoms with Crippen LogP contribution in [0.15, 0.2) is 16.8 Å². The summed E-state index contributed by atoms with van der Waals surface area (Å²) in [6.45, 7) is 0.563. The maximum Gasteiger partial charge on any atom is 0.315 e. The molecule has 5 nitrogen and oxygen atoms in total. The monoisotopic (exact) mass is 296 g/mol. The minimum Gasteiger partial charge on any atom is -0.481 e. The van der Waals surface area contributed by atoms with E-state index in [0.717, 1.165) is 25.7 Å². The zero-order valence-corrected chi connectivity index (χ0v) is 12.1. The number of amides is 2. The maximum atomic E-state index is 11.8. The van der Waals surface area contributed by atoms with Crippen molar-refractivity contribution in [1.29, 1.82) is 0 Å². The number of carbonyl (C=O) groups is 2. The van der Waals surface area contributed by atoms with Gasteiger partial charge >= 0.3 is 12.0 Å². The van der Waals surface area contributed by atoms with Crippen LogP contribution in [0.4, 0.5) is 4.79 Å². The first-order valence-electron chi connectivity index (χ1n) is 6.95. The predicted molar refractivity (Wildman–Crippen MR) is 77.9 cm³/mol. The Labute approximate surface area is 122 Å². The zero-order chi connectivity index (χ0) is 14.4. The number of nitrogens with one attached hydrogen (secondary N) is 2. The largest absolute Gasteiger partial charge is 0.481 e. The van der Waals surface area contributed by atoms with Crippen molar-refractivity contribution in [2.45, 2.75) is 38.1 Å². The van der Waals surface area contributed by atoms with Crippen molar-refractivity contribution in [2.24, 2.45) is 5.92 Å². The molecule has 2 rings (SSSR count). The minimum absolute atomic E-state index is 0.248. The van der Waals surface area contributed by atoms with Gasteiger partial charge in [0.15, 0.2) is 0 Å². The molecule has 110 valence electrons. The molecule has 0 aliphatic heterocycles. The van der Waals surface area contributed by atoms with Crippen LogP contribution in [0.2, 0.25) is 0 Å². The van der Waals surface area contributed by atoms with Gasteiger partial charge in [0, 0.05) is 12.6 Å². The van der Waals surface area contributed by atoms with Crippen molar-refractivity contribution in [3.8, 4) is 0 Å². The average Bonchev–Trinajstić information content (AvgIpc) is 2.92. The molecule has 20 heavy (non-hydrogen) atoms. The van der Waals surface area contributed by atoms with Crippen LogP contribution in [0.1, 0.15) is 31.2 Å². The molecular weight excluding hydrogens is 276 g/mol. The smallest absolute Gasteiger partial charge is 0.315 e. The number of urea groups is 1. The second kappa shape index (κ2) is 7.28. The second-order valence-corrected chi connectivity index (χ2v) is 5.90. The molecule has 0 spiro atoms. The second-order valence-electron chi connectivity index (χ2n) is 5.12. The Hall–Kier alpha value is -1.56. The van der Waals surface area contributed by atoms with E-state index in [-0.39, 0.29) is 12.1 Å². The summed E-state index contributed by atoms with van der Waals surface area (Å²) < 4.78 is 0. The number of rotatable bonds is 5. The Balaban J connectivity index is 1.73. The standard InChI is InChI=1S/C14H20N2O3S/c17-13(18)11-3-1-2-4-12(11)16-14(19)15-7-5-10-6-8-20-9-10/h6,8-9,11-12H,1-5,7H2,(H,17,18)(H2,15,16,19). The van der Waals surface area contributed by atoms with Gasteiger partial charge in [-0.15, -0.1) is 0 Å². The van der Waals surface area contributed by atoms with E-state index in [9.17, 15) is 9.59 Å². The molecule has 1 saturated carbocycles. The van der Waals surface area contributed by atoms with Crippen molar-refractivity contribution in [1.82, 2.24) is 10.6 Å². The summed E-state index contributed by atoms with van der Waals surface area (Å²) in [6, 6.07) is 1.52. The first-order valence-corrected chi connectivity index (χ1v) is 7.89. The highest BCUT2D eigenvalue weighted by Crippen LogP contribution is 2.24. The molecule has 3 N–H and O–H groups in total. The summed E-state index contributed by atoms with van der Waals surface area (Å²) in [5.74, 6) is -1.26. The summed E-state index contributed by atoms with van der Waals surface area (Å²) in [6.07, 6.45) is 4.09. The molecule has 0 aromatic carbocycles. The number of aliphatic carboxylic acids is 1. The van der Waals surface area contributed by atoms with E-state index >= 15 is 0 Å². The Morgan fingerprint density at radius 3 is 2.85 bits per heavy atom. The lowest BCUT2D eigenvalue weighted by molar-refractivity contribution is -0.143. The van der Waals surface area contributed by atoms with Crippen LogP contribution in [0.3, 0.4) is 0 Å². The van der Waals surface area contributed by atoms with Gasteiger partial charge in [0.05, 0.1) is 5.92 Å². The van der Waals surface area contributed by atoms with Crippen molar-refractivity contribution in [3.05, 3.63) is 22.4 Å². The molecule has 2 unspecified atom stereocenters. The van der Waals surface area contributed by atoms with E-state index < -0.39 is 11.9 Å². The first-order chi connectivity index (χ1) is 9.66. The molecule has 0 radical (unpaired) electrons. The van der Waals surface area contributed by atoms with Crippen molar-refractivity contribution >= 4 is 23.3 Å². The minimum atomic E-state index is -0.812. The number of carboxylic acid groups (broad SMARTS) is 1. The molecule has 1 aliphatic carbocycles. The molecule has 1 aromatic heterocycles. The highest BCUT2D eigenvalue weighted by molar-refractivity contribution is 7.07. The van der Waals surface area contributed by atoms with Gasteiger partial charge in [-0.3, -0.25) is 4.79 Å². The number of carbonyl (C=O) groups excluding carboxylic acids is 1. The molecule has 1 heterocycles. The Bertz CT molecular complexity index is 447. The SMILES string of the molecule is O=C(NCCc1ccsc1)NC1CCCCC1C(=O)O. The fourth-order valence-electron chi connectivity index (χ4n) is 2.57. The van der Waals surface area contributed by atoms with Crippen LogP contribution >= 0.6 is 11.3 Å². The highest BCUT2D eigenvalue weighted by Gasteiger charge is 2.31. The van der Waals surface area contributed by atoms with E-state index in [1.54, 1.807) is 11.3 Å². The third kappa shape index (κ3) is 4.23. The van der Waals surface area contributed by atoms with Crippen LogP contribution in [0.5, 0.6) is 0 Å². The molecule has 1 aliphatic rings. The molecule has 1 fully saturated rings. The number of hydrogen-bond acceptors (Lipinski definition) is 3. The third-order valence-electron chi connectivity index (χ3n) is 3.68. The van der Waals surface area contributed by atoms with Crippen LogP contribution in [-0.2, 0) is 11.2 Å². The molecule has 6 heteroatoms. The fourth-order valence-corrected chi connectivity index (χ4v) is 3.28. The third-order valence-corrected chi connectivity index (χ3v) is 4.41. The molecular formula is C14H20N2O3S. The Kier molecular flexibility index (Phi) is 5.40. The van der Waals surface area contributed by atoms with Gasteiger partial charge in [-0.25, -0.2) is 4.79 Å². The van der Waals surface area contributed by atoms with Gasteiger partial charge < -0.3 is 15.7 Å². The summed E-state index contributed by atoms with van der Waals surface area (Å²) in [4.78, 5) is 22.9. The lowest BCUT2D eigenvalue weighted by atomic mass is 9.84. The van der Waals surface area contributed by atoms with Crippen LogP contribution < -0.4 is 10.6 Å². The zero-order valence-electron chi connectivity index (χ0n) is 11.3. The molecule has 2 amide bonds. The van der Waals surface area contributed by atoms with Gasteiger partial charge in [-0.2, -0.15) is 11.3 Å². The van der Waals surface area contributed by atoms with E-state index in [4.69, 9.17) is 5.11 Å². The van der Waals surface area contributed by atoms with E-state index in [0.29, 0.717) is 13.0 Å².